The highest BCUT2D eigenvalue weighted by atomic mass is 16.4. The third-order valence-electron chi connectivity index (χ3n) is 5.28. The van der Waals surface area contributed by atoms with Crippen molar-refractivity contribution >= 4 is 23.9 Å². The zero-order chi connectivity index (χ0) is 20.1. The molecular weight excluding hydrogens is 356 g/mol. The molecular formula is C22H22N2O4. The maximum absolute atomic E-state index is 12.5. The van der Waals surface area contributed by atoms with Crippen LogP contribution in [0.1, 0.15) is 34.3 Å². The van der Waals surface area contributed by atoms with E-state index in [0.29, 0.717) is 31.5 Å². The second-order valence-electron chi connectivity index (χ2n) is 6.90. The highest BCUT2D eigenvalue weighted by Gasteiger charge is 2.43. The largest absolute Gasteiger partial charge is 0.481 e. The Bertz CT molecular complexity index is 896. The minimum atomic E-state index is -0.952. The first kappa shape index (κ1) is 19.4. The molecule has 6 heteroatoms. The molecule has 3 rings (SSSR count). The predicted molar refractivity (Wildman–Crippen MR) is 106 cm³/mol. The number of benzene rings is 2. The van der Waals surface area contributed by atoms with Crippen molar-refractivity contribution in [2.75, 3.05) is 13.1 Å². The van der Waals surface area contributed by atoms with Crippen molar-refractivity contribution in [3.05, 3.63) is 77.4 Å². The van der Waals surface area contributed by atoms with Crippen LogP contribution >= 0.6 is 0 Å². The highest BCUT2D eigenvalue weighted by Crippen LogP contribution is 2.36. The van der Waals surface area contributed by atoms with Crippen LogP contribution in [0.3, 0.4) is 0 Å². The maximum Gasteiger partial charge on any atom is 0.314 e. The lowest BCUT2D eigenvalue weighted by Gasteiger charge is -2.38. The minimum absolute atomic E-state index is 0.161. The van der Waals surface area contributed by atoms with Gasteiger partial charge in [0.05, 0.1) is 5.41 Å². The van der Waals surface area contributed by atoms with Crippen LogP contribution in [0, 0.1) is 0 Å². The molecule has 0 spiro atoms. The smallest absolute Gasteiger partial charge is 0.314 e. The van der Waals surface area contributed by atoms with Crippen molar-refractivity contribution in [1.29, 1.82) is 0 Å². The number of piperidine rings is 1. The van der Waals surface area contributed by atoms with E-state index < -0.39 is 17.3 Å². The van der Waals surface area contributed by atoms with E-state index in [1.165, 1.54) is 6.08 Å². The fraction of sp³-hybridized carbons (Fsp3) is 0.227. The van der Waals surface area contributed by atoms with Crippen LogP contribution < -0.4 is 5.73 Å². The molecule has 0 aromatic heterocycles. The van der Waals surface area contributed by atoms with E-state index >= 15 is 0 Å². The summed E-state index contributed by atoms with van der Waals surface area (Å²) in [5.74, 6) is -1.51. The summed E-state index contributed by atoms with van der Waals surface area (Å²) in [7, 11) is 0. The van der Waals surface area contributed by atoms with E-state index in [1.54, 1.807) is 35.2 Å². The molecule has 6 nitrogen and oxygen atoms in total. The second kappa shape index (κ2) is 8.08. The summed E-state index contributed by atoms with van der Waals surface area (Å²) in [5, 5.41) is 9.83. The molecule has 1 heterocycles. The molecule has 2 aromatic rings. The normalized spacial score (nSPS) is 16.1. The third-order valence-corrected chi connectivity index (χ3v) is 5.28. The minimum Gasteiger partial charge on any atom is -0.481 e. The maximum atomic E-state index is 12.5. The molecule has 0 atom stereocenters. The zero-order valence-corrected chi connectivity index (χ0v) is 15.4. The van der Waals surface area contributed by atoms with Gasteiger partial charge in [-0.25, -0.2) is 0 Å². The van der Waals surface area contributed by atoms with Gasteiger partial charge in [-0.1, -0.05) is 42.5 Å². The van der Waals surface area contributed by atoms with Gasteiger partial charge in [0.25, 0.3) is 0 Å². The first-order chi connectivity index (χ1) is 13.4. The molecule has 0 radical (unpaired) electrons. The summed E-state index contributed by atoms with van der Waals surface area (Å²) in [6.45, 7) is 0.760. The number of aliphatic carboxylic acids is 1. The molecule has 1 aliphatic rings. The lowest BCUT2D eigenvalue weighted by Crippen LogP contribution is -2.48. The van der Waals surface area contributed by atoms with Crippen molar-refractivity contribution in [2.45, 2.75) is 18.3 Å². The second-order valence-corrected chi connectivity index (χ2v) is 6.90. The summed E-state index contributed by atoms with van der Waals surface area (Å²) in [6.07, 6.45) is 3.89. The number of nitrogens with two attached hydrogens (primary N) is 1. The number of carboxylic acid groups (broad SMARTS) is 1. The average molecular weight is 378 g/mol. The monoisotopic (exact) mass is 378 g/mol. The molecule has 144 valence electrons. The van der Waals surface area contributed by atoms with Crippen molar-refractivity contribution < 1.29 is 19.5 Å². The van der Waals surface area contributed by atoms with E-state index in [0.717, 1.165) is 11.1 Å². The molecule has 2 amide bonds. The van der Waals surface area contributed by atoms with Gasteiger partial charge in [0.1, 0.15) is 0 Å². The fourth-order valence-electron chi connectivity index (χ4n) is 3.52. The summed E-state index contributed by atoms with van der Waals surface area (Å²) in [4.78, 5) is 37.2. The predicted octanol–water partition coefficient (Wildman–Crippen LogP) is 2.44. The SMILES string of the molecule is NC(=O)c1ccc(C=CC(=O)N2CCC(C(=O)O)(c3ccccc3)CC2)cc1. The van der Waals surface area contributed by atoms with Crippen LogP contribution in [0.4, 0.5) is 0 Å². The molecule has 28 heavy (non-hydrogen) atoms. The van der Waals surface area contributed by atoms with E-state index in [9.17, 15) is 19.5 Å². The number of carboxylic acids is 1. The lowest BCUT2D eigenvalue weighted by atomic mass is 9.73. The van der Waals surface area contributed by atoms with Gasteiger partial charge in [-0.05, 0) is 42.2 Å². The van der Waals surface area contributed by atoms with Crippen molar-refractivity contribution in [3.8, 4) is 0 Å². The number of carbonyl (C=O) groups excluding carboxylic acids is 2. The van der Waals surface area contributed by atoms with Gasteiger partial charge in [0, 0.05) is 24.7 Å². The number of rotatable bonds is 5. The van der Waals surface area contributed by atoms with Gasteiger partial charge in [-0.15, -0.1) is 0 Å². The number of primary amides is 1. The van der Waals surface area contributed by atoms with Gasteiger partial charge >= 0.3 is 5.97 Å². The first-order valence-corrected chi connectivity index (χ1v) is 9.08. The number of hydrogen-bond acceptors (Lipinski definition) is 3. The molecule has 0 saturated carbocycles. The number of likely N-dealkylation sites (tertiary alicyclic amines) is 1. The van der Waals surface area contributed by atoms with Crippen LogP contribution in [-0.4, -0.2) is 40.9 Å². The number of nitrogens with zero attached hydrogens (tertiary/aromatic N) is 1. The lowest BCUT2D eigenvalue weighted by molar-refractivity contribution is -0.147. The molecule has 1 saturated heterocycles. The molecule has 1 fully saturated rings. The van der Waals surface area contributed by atoms with E-state index in [2.05, 4.69) is 0 Å². The number of carbonyl (C=O) groups is 3. The highest BCUT2D eigenvalue weighted by molar-refractivity contribution is 5.94. The third kappa shape index (κ3) is 3.96. The van der Waals surface area contributed by atoms with Gasteiger partial charge < -0.3 is 15.7 Å². The standard InChI is InChI=1S/C22H22N2O4/c23-20(26)17-9-6-16(7-10-17)8-11-19(25)24-14-12-22(13-15-24,21(27)28)18-4-2-1-3-5-18/h1-11H,12-15H2,(H2,23,26)(H,27,28). The Morgan fingerprint density at radius 3 is 2.11 bits per heavy atom. The Labute approximate surface area is 163 Å². The van der Waals surface area contributed by atoms with Gasteiger partial charge in [-0.3, -0.25) is 14.4 Å². The van der Waals surface area contributed by atoms with Crippen molar-refractivity contribution in [3.63, 3.8) is 0 Å². The Morgan fingerprint density at radius 2 is 1.57 bits per heavy atom. The summed E-state index contributed by atoms with van der Waals surface area (Å²) < 4.78 is 0. The molecule has 0 aliphatic carbocycles. The van der Waals surface area contributed by atoms with Gasteiger partial charge in [-0.2, -0.15) is 0 Å². The summed E-state index contributed by atoms with van der Waals surface area (Å²) in [5.41, 5.74) is 6.22. The van der Waals surface area contributed by atoms with Crippen molar-refractivity contribution in [2.24, 2.45) is 5.73 Å². The zero-order valence-electron chi connectivity index (χ0n) is 15.4. The Morgan fingerprint density at radius 1 is 0.964 bits per heavy atom. The van der Waals surface area contributed by atoms with Crippen LogP contribution in [-0.2, 0) is 15.0 Å². The van der Waals surface area contributed by atoms with E-state index in [1.807, 2.05) is 30.3 Å². The number of amides is 2. The van der Waals surface area contributed by atoms with Crippen molar-refractivity contribution in [1.82, 2.24) is 4.90 Å². The fourth-order valence-corrected chi connectivity index (χ4v) is 3.52. The Balaban J connectivity index is 1.66. The number of hydrogen-bond donors (Lipinski definition) is 2. The first-order valence-electron chi connectivity index (χ1n) is 9.08. The Hall–Kier alpha value is -3.41. The molecule has 2 aromatic carbocycles. The quantitative estimate of drug-likeness (QED) is 0.781. The molecule has 0 bridgehead atoms. The summed E-state index contributed by atoms with van der Waals surface area (Å²) in [6, 6.07) is 15.8. The topological polar surface area (TPSA) is 101 Å². The van der Waals surface area contributed by atoms with Crippen LogP contribution in [0.15, 0.2) is 60.7 Å². The Kier molecular flexibility index (Phi) is 5.59. The van der Waals surface area contributed by atoms with Crippen LogP contribution in [0.25, 0.3) is 6.08 Å². The molecule has 0 unspecified atom stereocenters. The molecule has 1 aliphatic heterocycles. The summed E-state index contributed by atoms with van der Waals surface area (Å²) >= 11 is 0. The van der Waals surface area contributed by atoms with Gasteiger partial charge in [0.15, 0.2) is 0 Å². The van der Waals surface area contributed by atoms with E-state index in [4.69, 9.17) is 5.73 Å². The van der Waals surface area contributed by atoms with Crippen LogP contribution in [0.5, 0.6) is 0 Å². The van der Waals surface area contributed by atoms with Gasteiger partial charge in [0.2, 0.25) is 11.8 Å². The molecule has 3 N–H and O–H groups in total. The average Bonchev–Trinajstić information content (AvgIpc) is 2.73. The van der Waals surface area contributed by atoms with E-state index in [-0.39, 0.29) is 5.91 Å². The van der Waals surface area contributed by atoms with Crippen LogP contribution in [0.2, 0.25) is 0 Å².